The van der Waals surface area contributed by atoms with E-state index in [0.717, 1.165) is 24.3 Å². The molecule has 0 atom stereocenters. The van der Waals surface area contributed by atoms with Crippen LogP contribution in [0.1, 0.15) is 0 Å². The molecule has 0 aromatic heterocycles. The number of halogens is 6. The molecule has 0 spiro atoms. The first-order chi connectivity index (χ1) is 8.08. The van der Waals surface area contributed by atoms with Crippen molar-refractivity contribution < 1.29 is 31.5 Å². The second-order valence-corrected chi connectivity index (χ2v) is 4.02. The zero-order valence-electron chi connectivity index (χ0n) is 8.39. The molecule has 3 nitrogen and oxygen atoms in total. The van der Waals surface area contributed by atoms with Crippen LogP contribution < -0.4 is 10.1 Å². The first-order valence-corrected chi connectivity index (χ1v) is 5.11. The van der Waals surface area contributed by atoms with E-state index in [1.807, 2.05) is 15.9 Å². The Bertz CT molecular complexity index is 426. The van der Waals surface area contributed by atoms with Crippen LogP contribution in [0.3, 0.4) is 0 Å². The van der Waals surface area contributed by atoms with Crippen LogP contribution in [0.5, 0.6) is 5.75 Å². The number of nitrogens with one attached hydrogen (secondary N) is 1. The zero-order chi connectivity index (χ0) is 14.0. The lowest BCUT2D eigenvalue weighted by atomic mass is 10.3. The van der Waals surface area contributed by atoms with Crippen molar-refractivity contribution in [1.29, 1.82) is 0 Å². The number of alkyl halides is 6. The van der Waals surface area contributed by atoms with E-state index >= 15 is 0 Å². The van der Waals surface area contributed by atoms with Crippen molar-refractivity contribution >= 4 is 27.5 Å². The number of carbonyl (C=O) groups excluding carboxylic acids is 1. The summed E-state index contributed by atoms with van der Waals surface area (Å²) < 4.78 is 63.9. The van der Waals surface area contributed by atoms with Crippen molar-refractivity contribution in [3.63, 3.8) is 0 Å². The van der Waals surface area contributed by atoms with Gasteiger partial charge < -0.3 is 10.1 Å². The Morgan fingerprint density at radius 1 is 1.11 bits per heavy atom. The topological polar surface area (TPSA) is 38.3 Å². The molecule has 1 amide bonds. The lowest BCUT2D eigenvalue weighted by Gasteiger charge is -2.11. The third-order valence-corrected chi connectivity index (χ3v) is 1.96. The van der Waals surface area contributed by atoms with Crippen LogP contribution in [0.25, 0.3) is 0 Å². The van der Waals surface area contributed by atoms with Crippen molar-refractivity contribution in [2.24, 2.45) is 0 Å². The Kier molecular flexibility index (Phi) is 4.15. The Morgan fingerprint density at radius 3 is 2.00 bits per heavy atom. The van der Waals surface area contributed by atoms with Gasteiger partial charge in [0, 0.05) is 21.6 Å². The van der Waals surface area contributed by atoms with Crippen molar-refractivity contribution in [1.82, 2.24) is 0 Å². The van der Waals surface area contributed by atoms with E-state index in [-0.39, 0.29) is 5.69 Å². The zero-order valence-corrected chi connectivity index (χ0v) is 9.98. The summed E-state index contributed by atoms with van der Waals surface area (Å²) in [6.45, 7) is 0. The fourth-order valence-electron chi connectivity index (χ4n) is 0.942. The number of benzene rings is 1. The molecular weight excluding hydrogens is 329 g/mol. The second-order valence-electron chi connectivity index (χ2n) is 3.02. The summed E-state index contributed by atoms with van der Waals surface area (Å²) >= 11 is 1.84. The Labute approximate surface area is 106 Å². The largest absolute Gasteiger partial charge is 0.573 e. The fraction of sp³-hybridized carbons (Fsp3) is 0.222. The number of anilines is 1. The molecule has 0 unspecified atom stereocenters. The van der Waals surface area contributed by atoms with E-state index in [4.69, 9.17) is 0 Å². The van der Waals surface area contributed by atoms with Gasteiger partial charge in [-0.3, -0.25) is 4.79 Å². The molecule has 1 rings (SSSR count). The highest BCUT2D eigenvalue weighted by Crippen LogP contribution is 2.26. The van der Waals surface area contributed by atoms with Gasteiger partial charge in [0.1, 0.15) is 5.75 Å². The molecule has 0 saturated carbocycles. The number of carbonyl (C=O) groups is 1. The summed E-state index contributed by atoms with van der Waals surface area (Å²) in [5, 5.41) is 1.80. The monoisotopic (exact) mass is 333 g/mol. The van der Waals surface area contributed by atoms with Crippen molar-refractivity contribution in [2.75, 3.05) is 5.32 Å². The molecule has 0 bridgehead atoms. The van der Waals surface area contributed by atoms with Crippen LogP contribution in [0.2, 0.25) is 0 Å². The Morgan fingerprint density at radius 2 is 1.61 bits per heavy atom. The minimum atomic E-state index is -4.84. The standard InChI is InChI=1S/C9H5BrF5NO2/c10-8(11,12)7(17)16-5-1-3-6(4-2-5)18-9(13,14)15/h1-4H,(H,16,17). The second kappa shape index (κ2) is 5.09. The quantitative estimate of drug-likeness (QED) is 0.679. The van der Waals surface area contributed by atoms with Crippen LogP contribution in [0.15, 0.2) is 24.3 Å². The maximum absolute atomic E-state index is 12.4. The van der Waals surface area contributed by atoms with E-state index in [2.05, 4.69) is 4.74 Å². The molecule has 9 heteroatoms. The number of rotatable bonds is 3. The smallest absolute Gasteiger partial charge is 0.406 e. The maximum Gasteiger partial charge on any atom is 0.573 e. The molecule has 0 aliphatic carbocycles. The van der Waals surface area contributed by atoms with E-state index < -0.39 is 22.9 Å². The van der Waals surface area contributed by atoms with Gasteiger partial charge in [-0.1, -0.05) is 0 Å². The van der Waals surface area contributed by atoms with Gasteiger partial charge in [0.05, 0.1) is 0 Å². The molecule has 0 radical (unpaired) electrons. The van der Waals surface area contributed by atoms with Gasteiger partial charge in [0.15, 0.2) is 0 Å². The first-order valence-electron chi connectivity index (χ1n) is 4.32. The summed E-state index contributed by atoms with van der Waals surface area (Å²) in [6, 6.07) is 3.76. The van der Waals surface area contributed by atoms with Crippen LogP contribution in [0.4, 0.5) is 27.6 Å². The van der Waals surface area contributed by atoms with Crippen LogP contribution in [-0.4, -0.2) is 17.1 Å². The Hall–Kier alpha value is -1.38. The summed E-state index contributed by atoms with van der Waals surface area (Å²) in [7, 11) is 0. The lowest BCUT2D eigenvalue weighted by Crippen LogP contribution is -2.28. The number of ether oxygens (including phenoxy) is 1. The average molecular weight is 334 g/mol. The molecule has 100 valence electrons. The van der Waals surface area contributed by atoms with Gasteiger partial charge in [0.2, 0.25) is 0 Å². The van der Waals surface area contributed by atoms with E-state index in [9.17, 15) is 26.7 Å². The fourth-order valence-corrected chi connectivity index (χ4v) is 1.04. The van der Waals surface area contributed by atoms with Gasteiger partial charge >= 0.3 is 17.1 Å². The number of hydrogen-bond acceptors (Lipinski definition) is 2. The van der Waals surface area contributed by atoms with E-state index in [0.29, 0.717) is 0 Å². The molecular formula is C9H5BrF5NO2. The summed E-state index contributed by atoms with van der Waals surface area (Å²) in [5.41, 5.74) is -0.0892. The van der Waals surface area contributed by atoms with Gasteiger partial charge in [-0.2, -0.15) is 8.78 Å². The van der Waals surface area contributed by atoms with E-state index in [1.54, 1.807) is 5.32 Å². The molecule has 1 N–H and O–H groups in total. The summed E-state index contributed by atoms with van der Waals surface area (Å²) in [5.74, 6) is -2.15. The molecule has 1 aromatic rings. The summed E-state index contributed by atoms with van der Waals surface area (Å²) in [4.78, 5) is 7.07. The third kappa shape index (κ3) is 4.86. The van der Waals surface area contributed by atoms with E-state index in [1.165, 1.54) is 0 Å². The van der Waals surface area contributed by atoms with Crippen molar-refractivity contribution in [2.45, 2.75) is 11.2 Å². The lowest BCUT2D eigenvalue weighted by molar-refractivity contribution is -0.274. The van der Waals surface area contributed by atoms with Crippen LogP contribution in [-0.2, 0) is 4.79 Å². The average Bonchev–Trinajstić information content (AvgIpc) is 2.17. The van der Waals surface area contributed by atoms with Gasteiger partial charge in [-0.15, -0.1) is 13.2 Å². The van der Waals surface area contributed by atoms with Gasteiger partial charge in [0.25, 0.3) is 0 Å². The molecule has 0 fully saturated rings. The summed E-state index contributed by atoms with van der Waals surface area (Å²) in [6.07, 6.45) is -4.84. The highest BCUT2D eigenvalue weighted by atomic mass is 79.9. The number of amides is 1. The molecule has 18 heavy (non-hydrogen) atoms. The molecule has 0 saturated heterocycles. The SMILES string of the molecule is O=C(Nc1ccc(OC(F)(F)F)cc1)C(F)(F)Br. The van der Waals surface area contributed by atoms with Crippen LogP contribution in [0, 0.1) is 0 Å². The van der Waals surface area contributed by atoms with Crippen LogP contribution >= 0.6 is 15.9 Å². The highest BCUT2D eigenvalue weighted by Gasteiger charge is 2.35. The van der Waals surface area contributed by atoms with Gasteiger partial charge in [-0.25, -0.2) is 0 Å². The predicted molar refractivity (Wildman–Crippen MR) is 55.6 cm³/mol. The maximum atomic E-state index is 12.4. The highest BCUT2D eigenvalue weighted by molar-refractivity contribution is 9.10. The van der Waals surface area contributed by atoms with Crippen molar-refractivity contribution in [3.8, 4) is 5.75 Å². The molecule has 0 aliphatic heterocycles. The van der Waals surface area contributed by atoms with Gasteiger partial charge in [-0.05, 0) is 24.3 Å². The molecule has 1 aromatic carbocycles. The molecule has 0 aliphatic rings. The predicted octanol–water partition coefficient (Wildman–Crippen LogP) is 3.51. The normalized spacial score (nSPS) is 12.1. The first kappa shape index (κ1) is 14.7. The Balaban J connectivity index is 2.70. The third-order valence-electron chi connectivity index (χ3n) is 1.60. The minimum Gasteiger partial charge on any atom is -0.406 e. The minimum absolute atomic E-state index is 0.0892. The molecule has 0 heterocycles. The van der Waals surface area contributed by atoms with Crippen molar-refractivity contribution in [3.05, 3.63) is 24.3 Å². The number of hydrogen-bond donors (Lipinski definition) is 1.